The molecule has 1 rings (SSSR count). The van der Waals surface area contributed by atoms with Crippen molar-refractivity contribution in [2.24, 2.45) is 0 Å². The first-order chi connectivity index (χ1) is 9.34. The van der Waals surface area contributed by atoms with Crippen LogP contribution in [0.1, 0.15) is 17.3 Å². The number of ether oxygens (including phenoxy) is 1. The number of halogens is 3. The number of hydrogen-bond acceptors (Lipinski definition) is 4. The number of hydrogen-bond donors (Lipinski definition) is 1. The van der Waals surface area contributed by atoms with Gasteiger partial charge in [-0.3, -0.25) is 4.79 Å². The Hall–Kier alpha value is -2.31. The minimum Gasteiger partial charge on any atom is -0.462 e. The van der Waals surface area contributed by atoms with Crippen LogP contribution in [0.4, 0.5) is 18.9 Å². The van der Waals surface area contributed by atoms with Crippen LogP contribution in [0, 0.1) is 0 Å². The van der Waals surface area contributed by atoms with Gasteiger partial charge < -0.3 is 10.1 Å². The standard InChI is InChI=1S/C13H12F3NO3/c1-2-20-12(19)9-3-5-10(6-4-9)17-8-7-11(18)13(14,15)16/h3-8,17H,2H2,1H3/b8-7+. The lowest BCUT2D eigenvalue weighted by molar-refractivity contribution is -0.165. The van der Waals surface area contributed by atoms with E-state index in [1.54, 1.807) is 6.92 Å². The van der Waals surface area contributed by atoms with Gasteiger partial charge in [-0.1, -0.05) is 0 Å². The van der Waals surface area contributed by atoms with E-state index in [1.165, 1.54) is 24.3 Å². The molecule has 108 valence electrons. The maximum Gasteiger partial charge on any atom is 0.454 e. The Kier molecular flexibility index (Phi) is 5.31. The number of allylic oxidation sites excluding steroid dienone is 1. The predicted molar refractivity (Wildman–Crippen MR) is 66.2 cm³/mol. The van der Waals surface area contributed by atoms with Crippen LogP contribution in [0.25, 0.3) is 0 Å². The van der Waals surface area contributed by atoms with Crippen LogP contribution in [0.15, 0.2) is 36.5 Å². The predicted octanol–water partition coefficient (Wildman–Crippen LogP) is 2.92. The second kappa shape index (κ2) is 6.74. The molecule has 0 heterocycles. The molecule has 0 saturated carbocycles. The van der Waals surface area contributed by atoms with Gasteiger partial charge in [-0.25, -0.2) is 4.79 Å². The van der Waals surface area contributed by atoms with E-state index in [1.807, 2.05) is 0 Å². The van der Waals surface area contributed by atoms with E-state index in [9.17, 15) is 22.8 Å². The van der Waals surface area contributed by atoms with Gasteiger partial charge in [-0.05, 0) is 31.2 Å². The lowest BCUT2D eigenvalue weighted by Gasteiger charge is -2.04. The van der Waals surface area contributed by atoms with Crippen molar-refractivity contribution in [3.8, 4) is 0 Å². The molecule has 0 aliphatic heterocycles. The van der Waals surface area contributed by atoms with E-state index >= 15 is 0 Å². The molecule has 0 spiro atoms. The van der Waals surface area contributed by atoms with Crippen LogP contribution in [0.2, 0.25) is 0 Å². The first-order valence-electron chi connectivity index (χ1n) is 5.66. The summed E-state index contributed by atoms with van der Waals surface area (Å²) in [6.07, 6.45) is -3.61. The fraction of sp³-hybridized carbons (Fsp3) is 0.231. The maximum absolute atomic E-state index is 11.9. The molecule has 0 amide bonds. The van der Waals surface area contributed by atoms with Gasteiger partial charge in [0.25, 0.3) is 5.78 Å². The molecule has 0 fully saturated rings. The van der Waals surface area contributed by atoms with E-state index < -0.39 is 17.9 Å². The van der Waals surface area contributed by atoms with Crippen LogP contribution in [0.5, 0.6) is 0 Å². The van der Waals surface area contributed by atoms with Crippen molar-refractivity contribution in [2.75, 3.05) is 11.9 Å². The number of anilines is 1. The molecule has 1 N–H and O–H groups in total. The lowest BCUT2D eigenvalue weighted by Crippen LogP contribution is -2.20. The zero-order valence-corrected chi connectivity index (χ0v) is 10.5. The molecule has 7 heteroatoms. The van der Waals surface area contributed by atoms with Crippen molar-refractivity contribution in [3.05, 3.63) is 42.1 Å². The second-order valence-electron chi connectivity index (χ2n) is 3.64. The topological polar surface area (TPSA) is 55.4 Å². The number of carbonyl (C=O) groups is 2. The second-order valence-corrected chi connectivity index (χ2v) is 3.64. The largest absolute Gasteiger partial charge is 0.462 e. The van der Waals surface area contributed by atoms with Gasteiger partial charge in [-0.2, -0.15) is 13.2 Å². The van der Waals surface area contributed by atoms with Crippen LogP contribution in [0.3, 0.4) is 0 Å². The number of esters is 1. The highest BCUT2D eigenvalue weighted by molar-refractivity contribution is 5.94. The number of nitrogens with one attached hydrogen (secondary N) is 1. The van der Waals surface area contributed by atoms with Gasteiger partial charge >= 0.3 is 12.1 Å². The molecule has 1 aromatic carbocycles. The van der Waals surface area contributed by atoms with E-state index in [4.69, 9.17) is 4.74 Å². The van der Waals surface area contributed by atoms with Gasteiger partial charge in [0.05, 0.1) is 12.2 Å². The summed E-state index contributed by atoms with van der Waals surface area (Å²) in [7, 11) is 0. The minimum absolute atomic E-state index is 0.251. The highest BCUT2D eigenvalue weighted by Gasteiger charge is 2.35. The molecular weight excluding hydrogens is 275 g/mol. The summed E-state index contributed by atoms with van der Waals surface area (Å²) in [6, 6.07) is 5.88. The fourth-order valence-electron chi connectivity index (χ4n) is 1.23. The number of alkyl halides is 3. The van der Waals surface area contributed by atoms with Crippen molar-refractivity contribution in [1.82, 2.24) is 0 Å². The van der Waals surface area contributed by atoms with E-state index in [-0.39, 0.29) is 6.61 Å². The van der Waals surface area contributed by atoms with Gasteiger partial charge in [-0.15, -0.1) is 0 Å². The summed E-state index contributed by atoms with van der Waals surface area (Å²) in [5.41, 5.74) is 0.761. The molecule has 4 nitrogen and oxygen atoms in total. The Bertz CT molecular complexity index is 507. The normalized spacial score (nSPS) is 11.4. The molecule has 20 heavy (non-hydrogen) atoms. The first-order valence-corrected chi connectivity index (χ1v) is 5.66. The Balaban J connectivity index is 2.60. The Morgan fingerprint density at radius 1 is 1.25 bits per heavy atom. The summed E-state index contributed by atoms with van der Waals surface area (Å²) < 4.78 is 40.5. The van der Waals surface area contributed by atoms with E-state index in [0.29, 0.717) is 17.3 Å². The zero-order chi connectivity index (χ0) is 15.2. The van der Waals surface area contributed by atoms with Crippen molar-refractivity contribution < 1.29 is 27.5 Å². The minimum atomic E-state index is -4.88. The van der Waals surface area contributed by atoms with E-state index in [2.05, 4.69) is 5.32 Å². The lowest BCUT2D eigenvalue weighted by atomic mass is 10.2. The van der Waals surface area contributed by atoms with E-state index in [0.717, 1.165) is 6.20 Å². The van der Waals surface area contributed by atoms with Crippen molar-refractivity contribution in [2.45, 2.75) is 13.1 Å². The highest BCUT2D eigenvalue weighted by atomic mass is 19.4. The Morgan fingerprint density at radius 3 is 2.35 bits per heavy atom. The molecule has 0 unspecified atom stereocenters. The molecule has 0 aliphatic carbocycles. The van der Waals surface area contributed by atoms with Crippen molar-refractivity contribution in [3.63, 3.8) is 0 Å². The summed E-state index contributed by atoms with van der Waals surface area (Å²) in [5.74, 6) is -2.44. The third-order valence-corrected chi connectivity index (χ3v) is 2.16. The Morgan fingerprint density at radius 2 is 1.85 bits per heavy atom. The average Bonchev–Trinajstić information content (AvgIpc) is 2.38. The number of rotatable bonds is 5. The number of ketones is 1. The molecule has 0 aliphatic rings. The summed E-state index contributed by atoms with van der Waals surface area (Å²) in [5, 5.41) is 2.49. The van der Waals surface area contributed by atoms with Gasteiger partial charge in [0.2, 0.25) is 0 Å². The van der Waals surface area contributed by atoms with Crippen LogP contribution < -0.4 is 5.32 Å². The van der Waals surface area contributed by atoms with Crippen molar-refractivity contribution >= 4 is 17.4 Å². The molecule has 0 radical (unpaired) electrons. The molecule has 0 saturated heterocycles. The van der Waals surface area contributed by atoms with Crippen LogP contribution in [-0.4, -0.2) is 24.5 Å². The third-order valence-electron chi connectivity index (χ3n) is 2.16. The summed E-state index contributed by atoms with van der Waals surface area (Å²) in [6.45, 7) is 1.93. The van der Waals surface area contributed by atoms with Crippen molar-refractivity contribution in [1.29, 1.82) is 0 Å². The Labute approximate surface area is 113 Å². The number of carbonyl (C=O) groups excluding carboxylic acids is 2. The van der Waals surface area contributed by atoms with Gasteiger partial charge in [0.1, 0.15) is 0 Å². The smallest absolute Gasteiger partial charge is 0.454 e. The first kappa shape index (κ1) is 15.7. The monoisotopic (exact) mass is 287 g/mol. The number of benzene rings is 1. The maximum atomic E-state index is 11.9. The SMILES string of the molecule is CCOC(=O)c1ccc(N/C=C/C(=O)C(F)(F)F)cc1. The van der Waals surface area contributed by atoms with Crippen LogP contribution in [-0.2, 0) is 9.53 Å². The molecule has 0 bridgehead atoms. The van der Waals surface area contributed by atoms with Gasteiger partial charge in [0, 0.05) is 18.0 Å². The highest BCUT2D eigenvalue weighted by Crippen LogP contribution is 2.16. The molecule has 1 aromatic rings. The average molecular weight is 287 g/mol. The molecule has 0 aromatic heterocycles. The fourth-order valence-corrected chi connectivity index (χ4v) is 1.23. The quantitative estimate of drug-likeness (QED) is 0.668. The van der Waals surface area contributed by atoms with Gasteiger partial charge in [0.15, 0.2) is 0 Å². The molecule has 0 atom stereocenters. The summed E-state index contributed by atoms with van der Waals surface area (Å²) in [4.78, 5) is 21.9. The molecular formula is C13H12F3NO3. The van der Waals surface area contributed by atoms with Crippen LogP contribution >= 0.6 is 0 Å². The zero-order valence-electron chi connectivity index (χ0n) is 10.5. The third kappa shape index (κ3) is 4.75. The summed E-state index contributed by atoms with van der Waals surface area (Å²) >= 11 is 0.